The normalized spacial score (nSPS) is 21.1. The maximum Gasteiger partial charge on any atom is 0.0719 e. The van der Waals surface area contributed by atoms with Gasteiger partial charge in [0.2, 0.25) is 0 Å². The van der Waals surface area contributed by atoms with Crippen LogP contribution >= 0.6 is 0 Å². The van der Waals surface area contributed by atoms with E-state index in [1.807, 2.05) is 0 Å². The molecule has 1 N–H and O–H groups in total. The number of benzene rings is 1. The van der Waals surface area contributed by atoms with Gasteiger partial charge in [0.25, 0.3) is 0 Å². The van der Waals surface area contributed by atoms with Gasteiger partial charge in [-0.15, -0.1) is 0 Å². The number of nitrogens with one attached hydrogen (secondary N) is 1. The molecule has 0 saturated carbocycles. The number of hydrogen-bond donors (Lipinski definition) is 1. The van der Waals surface area contributed by atoms with Crippen LogP contribution in [0.4, 0.5) is 0 Å². The van der Waals surface area contributed by atoms with Gasteiger partial charge in [-0.25, -0.2) is 0 Å². The van der Waals surface area contributed by atoms with Crippen LogP contribution in [0.3, 0.4) is 0 Å². The second kappa shape index (κ2) is 6.77. The van der Waals surface area contributed by atoms with E-state index in [0.29, 0.717) is 0 Å². The first-order valence-corrected chi connectivity index (χ1v) is 6.69. The summed E-state index contributed by atoms with van der Waals surface area (Å²) in [5.74, 6) is 0.744. The fraction of sp³-hybridized carbons (Fsp3) is 0.600. The summed E-state index contributed by atoms with van der Waals surface area (Å²) >= 11 is 0. The zero-order valence-electron chi connectivity index (χ0n) is 10.7. The van der Waals surface area contributed by atoms with Crippen molar-refractivity contribution in [2.45, 2.75) is 32.8 Å². The SMILES string of the molecule is Cc1ccccc1COCC1CCCNCC1. The van der Waals surface area contributed by atoms with Crippen LogP contribution < -0.4 is 5.32 Å². The minimum absolute atomic E-state index is 0.744. The molecule has 1 aliphatic rings. The zero-order valence-corrected chi connectivity index (χ0v) is 10.7. The summed E-state index contributed by atoms with van der Waals surface area (Å²) in [5, 5.41) is 3.44. The third kappa shape index (κ3) is 4.14. The minimum atomic E-state index is 0.744. The molecule has 1 aromatic rings. The fourth-order valence-corrected chi connectivity index (χ4v) is 2.37. The molecule has 1 aromatic carbocycles. The van der Waals surface area contributed by atoms with E-state index in [1.54, 1.807) is 0 Å². The standard InChI is InChI=1S/C15H23NO/c1-13-5-2-3-7-15(13)12-17-11-14-6-4-9-16-10-8-14/h2-3,5,7,14,16H,4,6,8-12H2,1H3. The number of aryl methyl sites for hydroxylation is 1. The first-order valence-electron chi connectivity index (χ1n) is 6.69. The molecule has 1 atom stereocenters. The molecule has 1 aliphatic heterocycles. The first kappa shape index (κ1) is 12.6. The molecule has 0 aliphatic carbocycles. The highest BCUT2D eigenvalue weighted by molar-refractivity contribution is 5.24. The van der Waals surface area contributed by atoms with Gasteiger partial charge >= 0.3 is 0 Å². The quantitative estimate of drug-likeness (QED) is 0.863. The van der Waals surface area contributed by atoms with E-state index in [0.717, 1.165) is 25.7 Å². The van der Waals surface area contributed by atoms with E-state index >= 15 is 0 Å². The third-order valence-electron chi connectivity index (χ3n) is 3.57. The molecule has 2 heteroatoms. The molecule has 0 amide bonds. The highest BCUT2D eigenvalue weighted by Crippen LogP contribution is 2.15. The number of ether oxygens (including phenoxy) is 1. The van der Waals surface area contributed by atoms with E-state index in [-0.39, 0.29) is 0 Å². The van der Waals surface area contributed by atoms with Gasteiger partial charge in [-0.1, -0.05) is 24.3 Å². The van der Waals surface area contributed by atoms with Crippen LogP contribution in [0.1, 0.15) is 30.4 Å². The van der Waals surface area contributed by atoms with Gasteiger partial charge in [0.05, 0.1) is 6.61 Å². The molecule has 1 saturated heterocycles. The summed E-state index contributed by atoms with van der Waals surface area (Å²) in [7, 11) is 0. The average molecular weight is 233 g/mol. The van der Waals surface area contributed by atoms with Crippen molar-refractivity contribution in [2.24, 2.45) is 5.92 Å². The number of rotatable bonds is 4. The zero-order chi connectivity index (χ0) is 11.9. The second-order valence-electron chi connectivity index (χ2n) is 4.99. The molecular formula is C15H23NO. The lowest BCUT2D eigenvalue weighted by molar-refractivity contribution is 0.0826. The van der Waals surface area contributed by atoms with E-state index in [9.17, 15) is 0 Å². The molecule has 0 aromatic heterocycles. The van der Waals surface area contributed by atoms with Crippen LogP contribution in [-0.2, 0) is 11.3 Å². The predicted octanol–water partition coefficient (Wildman–Crippen LogP) is 2.90. The molecular weight excluding hydrogens is 210 g/mol. The second-order valence-corrected chi connectivity index (χ2v) is 4.99. The maximum absolute atomic E-state index is 5.87. The van der Waals surface area contributed by atoms with Crippen molar-refractivity contribution in [3.8, 4) is 0 Å². The Balaban J connectivity index is 1.73. The van der Waals surface area contributed by atoms with Crippen molar-refractivity contribution in [1.29, 1.82) is 0 Å². The third-order valence-corrected chi connectivity index (χ3v) is 3.57. The lowest BCUT2D eigenvalue weighted by atomic mass is 10.0. The van der Waals surface area contributed by atoms with E-state index in [2.05, 4.69) is 36.5 Å². The molecule has 1 unspecified atom stereocenters. The molecule has 17 heavy (non-hydrogen) atoms. The van der Waals surface area contributed by atoms with E-state index in [4.69, 9.17) is 4.74 Å². The highest BCUT2D eigenvalue weighted by atomic mass is 16.5. The van der Waals surface area contributed by atoms with Crippen molar-refractivity contribution in [1.82, 2.24) is 5.32 Å². The maximum atomic E-state index is 5.87. The van der Waals surface area contributed by atoms with E-state index < -0.39 is 0 Å². The summed E-state index contributed by atoms with van der Waals surface area (Å²) in [6.45, 7) is 6.15. The van der Waals surface area contributed by atoms with Gasteiger partial charge in [-0.05, 0) is 56.3 Å². The lowest BCUT2D eigenvalue weighted by Crippen LogP contribution is -2.15. The lowest BCUT2D eigenvalue weighted by Gasteiger charge is -2.14. The van der Waals surface area contributed by atoms with Gasteiger partial charge in [0, 0.05) is 6.61 Å². The molecule has 0 spiro atoms. The Morgan fingerprint density at radius 3 is 3.00 bits per heavy atom. The Morgan fingerprint density at radius 2 is 2.12 bits per heavy atom. The van der Waals surface area contributed by atoms with Crippen LogP contribution in [0.15, 0.2) is 24.3 Å². The molecule has 0 bridgehead atoms. The summed E-state index contributed by atoms with van der Waals surface area (Å²) < 4.78 is 5.87. The Bertz CT molecular complexity index is 329. The van der Waals surface area contributed by atoms with Gasteiger partial charge in [0.15, 0.2) is 0 Å². The Hall–Kier alpha value is -0.860. The molecule has 0 radical (unpaired) electrons. The van der Waals surface area contributed by atoms with Gasteiger partial charge < -0.3 is 10.1 Å². The van der Waals surface area contributed by atoms with Crippen LogP contribution in [-0.4, -0.2) is 19.7 Å². The molecule has 1 fully saturated rings. The molecule has 94 valence electrons. The van der Waals surface area contributed by atoms with Crippen LogP contribution in [0.5, 0.6) is 0 Å². The first-order chi connectivity index (χ1) is 8.36. The topological polar surface area (TPSA) is 21.3 Å². The van der Waals surface area contributed by atoms with Crippen molar-refractivity contribution in [3.63, 3.8) is 0 Å². The largest absolute Gasteiger partial charge is 0.376 e. The Labute approximate surface area is 104 Å². The molecule has 2 rings (SSSR count). The van der Waals surface area contributed by atoms with Crippen molar-refractivity contribution < 1.29 is 4.74 Å². The predicted molar refractivity (Wildman–Crippen MR) is 71.0 cm³/mol. The fourth-order valence-electron chi connectivity index (χ4n) is 2.37. The summed E-state index contributed by atoms with van der Waals surface area (Å²) in [5.41, 5.74) is 2.65. The Morgan fingerprint density at radius 1 is 1.24 bits per heavy atom. The van der Waals surface area contributed by atoms with Crippen LogP contribution in [0.25, 0.3) is 0 Å². The molecule has 2 nitrogen and oxygen atoms in total. The summed E-state index contributed by atoms with van der Waals surface area (Å²) in [4.78, 5) is 0. The van der Waals surface area contributed by atoms with Crippen molar-refractivity contribution in [3.05, 3.63) is 35.4 Å². The van der Waals surface area contributed by atoms with Crippen LogP contribution in [0.2, 0.25) is 0 Å². The highest BCUT2D eigenvalue weighted by Gasteiger charge is 2.11. The monoisotopic (exact) mass is 233 g/mol. The van der Waals surface area contributed by atoms with E-state index in [1.165, 1.54) is 36.9 Å². The van der Waals surface area contributed by atoms with Gasteiger partial charge in [-0.2, -0.15) is 0 Å². The van der Waals surface area contributed by atoms with Crippen LogP contribution in [0, 0.1) is 12.8 Å². The Kier molecular flexibility index (Phi) is 5.02. The van der Waals surface area contributed by atoms with Crippen molar-refractivity contribution in [2.75, 3.05) is 19.7 Å². The minimum Gasteiger partial charge on any atom is -0.376 e. The average Bonchev–Trinajstić information content (AvgIpc) is 2.60. The summed E-state index contributed by atoms with van der Waals surface area (Å²) in [6.07, 6.45) is 3.85. The smallest absolute Gasteiger partial charge is 0.0719 e. The summed E-state index contributed by atoms with van der Waals surface area (Å²) in [6, 6.07) is 8.47. The van der Waals surface area contributed by atoms with Gasteiger partial charge in [-0.3, -0.25) is 0 Å². The number of hydrogen-bond acceptors (Lipinski definition) is 2. The van der Waals surface area contributed by atoms with Crippen molar-refractivity contribution >= 4 is 0 Å². The molecule has 1 heterocycles. The van der Waals surface area contributed by atoms with Gasteiger partial charge in [0.1, 0.15) is 0 Å².